The Balaban J connectivity index is 2.12. The van der Waals surface area contributed by atoms with Crippen LogP contribution in [0.25, 0.3) is 0 Å². The minimum atomic E-state index is -0.507. The van der Waals surface area contributed by atoms with Gasteiger partial charge in [0.1, 0.15) is 22.5 Å². The van der Waals surface area contributed by atoms with Crippen LogP contribution in [0.15, 0.2) is 23.6 Å². The lowest BCUT2D eigenvalue weighted by Crippen LogP contribution is -2.12. The summed E-state index contributed by atoms with van der Waals surface area (Å²) in [6.07, 6.45) is 0. The van der Waals surface area contributed by atoms with E-state index in [-0.39, 0.29) is 11.0 Å². The molecule has 1 heterocycles. The topological polar surface area (TPSA) is 48.7 Å². The molecule has 0 aliphatic rings. The fourth-order valence-corrected chi connectivity index (χ4v) is 2.65. The predicted octanol–water partition coefficient (Wildman–Crippen LogP) is 4.06. The number of aromatic nitrogens is 1. The summed E-state index contributed by atoms with van der Waals surface area (Å²) < 4.78 is 13.5. The number of hydrogen-bond donors (Lipinski definition) is 1. The molecule has 0 saturated carbocycles. The van der Waals surface area contributed by atoms with Crippen molar-refractivity contribution in [1.82, 2.24) is 4.98 Å². The zero-order chi connectivity index (χ0) is 14.8. The minimum absolute atomic E-state index is 0.0193. The summed E-state index contributed by atoms with van der Waals surface area (Å²) in [5.41, 5.74) is 1.60. The summed E-state index contributed by atoms with van der Waals surface area (Å²) in [4.78, 5) is 4.55. The third kappa shape index (κ3) is 3.14. The van der Waals surface area contributed by atoms with Crippen LogP contribution in [0.2, 0.25) is 0 Å². The van der Waals surface area contributed by atoms with Gasteiger partial charge in [-0.3, -0.25) is 0 Å². The summed E-state index contributed by atoms with van der Waals surface area (Å²) in [7, 11) is 0. The van der Waals surface area contributed by atoms with Crippen molar-refractivity contribution in [2.24, 2.45) is 0 Å². The van der Waals surface area contributed by atoms with E-state index in [9.17, 15) is 4.39 Å². The summed E-state index contributed by atoms with van der Waals surface area (Å²) in [6, 6.07) is 6.44. The second-order valence-corrected chi connectivity index (χ2v) is 6.45. The smallest absolute Gasteiger partial charge is 0.143 e. The quantitative estimate of drug-likeness (QED) is 0.926. The average Bonchev–Trinajstić information content (AvgIpc) is 2.85. The van der Waals surface area contributed by atoms with E-state index < -0.39 is 5.82 Å². The van der Waals surface area contributed by atoms with Crippen LogP contribution in [-0.4, -0.2) is 4.98 Å². The van der Waals surface area contributed by atoms with Crippen LogP contribution < -0.4 is 5.32 Å². The highest BCUT2D eigenvalue weighted by Gasteiger charge is 2.17. The van der Waals surface area contributed by atoms with Crippen molar-refractivity contribution in [2.75, 3.05) is 5.32 Å². The lowest BCUT2D eigenvalue weighted by Gasteiger charge is -2.14. The molecule has 1 N–H and O–H groups in total. The highest BCUT2D eigenvalue weighted by molar-refractivity contribution is 7.09. The summed E-state index contributed by atoms with van der Waals surface area (Å²) in [6.45, 7) is 6.82. The zero-order valence-corrected chi connectivity index (χ0v) is 12.5. The number of rotatable bonds is 3. The summed E-state index contributed by atoms with van der Waals surface area (Å²) >= 11 is 1.56. The Morgan fingerprint density at radius 3 is 2.75 bits per heavy atom. The molecule has 0 unspecified atom stereocenters. The largest absolute Gasteiger partial charge is 0.377 e. The van der Waals surface area contributed by atoms with Gasteiger partial charge in [0.15, 0.2) is 0 Å². The molecule has 1 aromatic heterocycles. The van der Waals surface area contributed by atoms with Gasteiger partial charge in [-0.1, -0.05) is 26.8 Å². The molecule has 0 amide bonds. The average molecular weight is 289 g/mol. The second-order valence-electron chi connectivity index (χ2n) is 5.50. The zero-order valence-electron chi connectivity index (χ0n) is 11.7. The van der Waals surface area contributed by atoms with E-state index in [1.165, 1.54) is 6.07 Å². The molecule has 0 aliphatic heterocycles. The number of nitrogens with zero attached hydrogens (tertiary/aromatic N) is 2. The molecule has 0 aliphatic carbocycles. The highest BCUT2D eigenvalue weighted by Crippen LogP contribution is 2.25. The van der Waals surface area contributed by atoms with E-state index in [1.807, 2.05) is 11.4 Å². The Labute approximate surface area is 122 Å². The van der Waals surface area contributed by atoms with Crippen LogP contribution in [0.4, 0.5) is 10.1 Å². The number of nitrogens with one attached hydrogen (secondary N) is 1. The first-order valence-electron chi connectivity index (χ1n) is 6.29. The van der Waals surface area contributed by atoms with Crippen molar-refractivity contribution in [3.05, 3.63) is 45.7 Å². The predicted molar refractivity (Wildman–Crippen MR) is 79.3 cm³/mol. The molecule has 0 radical (unpaired) electrons. The number of anilines is 1. The maximum absolute atomic E-state index is 13.5. The number of thiazole rings is 1. The van der Waals surface area contributed by atoms with Gasteiger partial charge >= 0.3 is 0 Å². The summed E-state index contributed by atoms with van der Waals surface area (Å²) in [5, 5.41) is 15.0. The van der Waals surface area contributed by atoms with E-state index >= 15 is 0 Å². The molecule has 1 aromatic carbocycles. The highest BCUT2D eigenvalue weighted by atomic mass is 32.1. The molecule has 5 heteroatoms. The van der Waals surface area contributed by atoms with Gasteiger partial charge in [-0.2, -0.15) is 5.26 Å². The Hall–Kier alpha value is -1.93. The summed E-state index contributed by atoms with van der Waals surface area (Å²) in [5.74, 6) is -0.507. The van der Waals surface area contributed by atoms with Crippen molar-refractivity contribution in [1.29, 1.82) is 5.26 Å². The van der Waals surface area contributed by atoms with Gasteiger partial charge in [0, 0.05) is 10.8 Å². The molecule has 0 spiro atoms. The monoisotopic (exact) mass is 289 g/mol. The van der Waals surface area contributed by atoms with Crippen LogP contribution in [0.1, 0.15) is 37.0 Å². The molecular formula is C15H16FN3S. The Morgan fingerprint density at radius 1 is 1.40 bits per heavy atom. The molecule has 104 valence electrons. The van der Waals surface area contributed by atoms with E-state index in [2.05, 4.69) is 31.1 Å². The van der Waals surface area contributed by atoms with Crippen LogP contribution in [-0.2, 0) is 12.0 Å². The Kier molecular flexibility index (Phi) is 4.05. The SMILES string of the molecule is CC(C)(C)c1csc(CNc2cccc(F)c2C#N)n1. The van der Waals surface area contributed by atoms with E-state index in [0.29, 0.717) is 12.2 Å². The van der Waals surface area contributed by atoms with Gasteiger partial charge in [0.2, 0.25) is 0 Å². The van der Waals surface area contributed by atoms with Crippen LogP contribution >= 0.6 is 11.3 Å². The van der Waals surface area contributed by atoms with Crippen molar-refractivity contribution < 1.29 is 4.39 Å². The number of nitriles is 1. The molecule has 0 bridgehead atoms. The third-order valence-corrected chi connectivity index (χ3v) is 3.72. The molecule has 0 saturated heterocycles. The van der Waals surface area contributed by atoms with Gasteiger partial charge in [0.25, 0.3) is 0 Å². The van der Waals surface area contributed by atoms with E-state index in [4.69, 9.17) is 5.26 Å². The number of benzene rings is 1. The van der Waals surface area contributed by atoms with Gasteiger partial charge < -0.3 is 5.32 Å². The first-order valence-corrected chi connectivity index (χ1v) is 7.17. The van der Waals surface area contributed by atoms with Gasteiger partial charge in [-0.05, 0) is 12.1 Å². The van der Waals surface area contributed by atoms with E-state index in [1.54, 1.807) is 23.5 Å². The molecule has 3 nitrogen and oxygen atoms in total. The molecule has 2 rings (SSSR count). The van der Waals surface area contributed by atoms with Crippen molar-refractivity contribution >= 4 is 17.0 Å². The molecule has 0 atom stereocenters. The maximum Gasteiger partial charge on any atom is 0.143 e. The normalized spacial score (nSPS) is 11.2. The van der Waals surface area contributed by atoms with Crippen molar-refractivity contribution in [2.45, 2.75) is 32.7 Å². The third-order valence-electron chi connectivity index (χ3n) is 2.88. The van der Waals surface area contributed by atoms with E-state index in [0.717, 1.165) is 10.7 Å². The lowest BCUT2D eigenvalue weighted by molar-refractivity contribution is 0.571. The minimum Gasteiger partial charge on any atom is -0.377 e. The Bertz CT molecular complexity index is 650. The first kappa shape index (κ1) is 14.5. The van der Waals surface area contributed by atoms with Crippen molar-refractivity contribution in [3.63, 3.8) is 0 Å². The number of hydrogen-bond acceptors (Lipinski definition) is 4. The van der Waals surface area contributed by atoms with Crippen LogP contribution in [0.3, 0.4) is 0 Å². The lowest BCUT2D eigenvalue weighted by atomic mass is 9.93. The molecular weight excluding hydrogens is 273 g/mol. The van der Waals surface area contributed by atoms with Crippen LogP contribution in [0.5, 0.6) is 0 Å². The van der Waals surface area contributed by atoms with Crippen LogP contribution in [0, 0.1) is 17.1 Å². The molecule has 0 fully saturated rings. The molecule has 2 aromatic rings. The molecule has 20 heavy (non-hydrogen) atoms. The Morgan fingerprint density at radius 2 is 2.15 bits per heavy atom. The van der Waals surface area contributed by atoms with Gasteiger partial charge in [-0.25, -0.2) is 9.37 Å². The first-order chi connectivity index (χ1) is 9.41. The van der Waals surface area contributed by atoms with Gasteiger partial charge in [-0.15, -0.1) is 11.3 Å². The van der Waals surface area contributed by atoms with Gasteiger partial charge in [0.05, 0.1) is 17.9 Å². The fraction of sp³-hybridized carbons (Fsp3) is 0.333. The second kappa shape index (κ2) is 5.59. The fourth-order valence-electron chi connectivity index (χ4n) is 1.69. The number of halogens is 1. The maximum atomic E-state index is 13.5. The van der Waals surface area contributed by atoms with Crippen molar-refractivity contribution in [3.8, 4) is 6.07 Å². The standard InChI is InChI=1S/C15H16FN3S/c1-15(2,3)13-9-20-14(19-13)8-18-12-6-4-5-11(16)10(12)7-17/h4-6,9,18H,8H2,1-3H3.